The van der Waals surface area contributed by atoms with Gasteiger partial charge in [0, 0.05) is 16.6 Å². The number of anilines is 1. The molecule has 0 aliphatic carbocycles. The van der Waals surface area contributed by atoms with Gasteiger partial charge in [0.2, 0.25) is 0 Å². The van der Waals surface area contributed by atoms with Gasteiger partial charge in [-0.2, -0.15) is 0 Å². The SMILES string of the molecule is Cc1ccccc1NC(=O)c1cccc2cccc(C(=O)O)c12. The first kappa shape index (κ1) is 14.8. The maximum atomic E-state index is 12.7. The summed E-state index contributed by atoms with van der Waals surface area (Å²) in [5.41, 5.74) is 2.13. The van der Waals surface area contributed by atoms with Crippen LogP contribution >= 0.6 is 0 Å². The second-order valence-corrected chi connectivity index (χ2v) is 5.28. The summed E-state index contributed by atoms with van der Waals surface area (Å²) in [5, 5.41) is 13.4. The molecule has 1 amide bonds. The molecule has 3 aromatic carbocycles. The van der Waals surface area contributed by atoms with Crippen molar-refractivity contribution in [1.29, 1.82) is 0 Å². The summed E-state index contributed by atoms with van der Waals surface area (Å²) in [4.78, 5) is 24.1. The Hall–Kier alpha value is -3.14. The summed E-state index contributed by atoms with van der Waals surface area (Å²) in [6, 6.07) is 17.6. The summed E-state index contributed by atoms with van der Waals surface area (Å²) >= 11 is 0. The van der Waals surface area contributed by atoms with Crippen LogP contribution in [-0.4, -0.2) is 17.0 Å². The summed E-state index contributed by atoms with van der Waals surface area (Å²) in [5.74, 6) is -1.37. The Balaban J connectivity index is 2.11. The molecule has 0 radical (unpaired) electrons. The summed E-state index contributed by atoms with van der Waals surface area (Å²) in [7, 11) is 0. The van der Waals surface area contributed by atoms with Gasteiger partial charge in [-0.25, -0.2) is 4.79 Å². The third kappa shape index (κ3) is 2.79. The van der Waals surface area contributed by atoms with Gasteiger partial charge in [-0.3, -0.25) is 4.79 Å². The molecule has 0 bridgehead atoms. The molecule has 0 saturated heterocycles. The Morgan fingerprint density at radius 2 is 1.52 bits per heavy atom. The molecule has 3 rings (SSSR count). The Morgan fingerprint density at radius 3 is 2.17 bits per heavy atom. The molecule has 0 aromatic heterocycles. The predicted molar refractivity (Wildman–Crippen MR) is 90.0 cm³/mol. The number of aromatic carboxylic acids is 1. The molecule has 3 aromatic rings. The van der Waals surface area contributed by atoms with Gasteiger partial charge in [0.15, 0.2) is 0 Å². The highest BCUT2D eigenvalue weighted by Gasteiger charge is 2.16. The van der Waals surface area contributed by atoms with Gasteiger partial charge in [-0.05, 0) is 36.1 Å². The predicted octanol–water partition coefficient (Wildman–Crippen LogP) is 4.10. The Morgan fingerprint density at radius 1 is 0.870 bits per heavy atom. The highest BCUT2D eigenvalue weighted by atomic mass is 16.4. The standard InChI is InChI=1S/C19H15NO3/c1-12-6-2-3-11-16(12)20-18(21)14-9-4-7-13-8-5-10-15(17(13)14)19(22)23/h2-11H,1H3,(H,20,21)(H,22,23). The minimum absolute atomic E-state index is 0.123. The molecule has 0 atom stereocenters. The van der Waals surface area contributed by atoms with Gasteiger partial charge in [0.25, 0.3) is 5.91 Å². The van der Waals surface area contributed by atoms with Crippen LogP contribution in [0, 0.1) is 6.92 Å². The van der Waals surface area contributed by atoms with Crippen molar-refractivity contribution < 1.29 is 14.7 Å². The lowest BCUT2D eigenvalue weighted by Gasteiger charge is -2.11. The fourth-order valence-electron chi connectivity index (χ4n) is 2.61. The van der Waals surface area contributed by atoms with Crippen molar-refractivity contribution >= 4 is 28.3 Å². The summed E-state index contributed by atoms with van der Waals surface area (Å²) in [6.45, 7) is 1.90. The largest absolute Gasteiger partial charge is 0.478 e. The number of aryl methyl sites for hydroxylation is 1. The molecular weight excluding hydrogens is 290 g/mol. The van der Waals surface area contributed by atoms with Crippen LogP contribution in [0.3, 0.4) is 0 Å². The van der Waals surface area contributed by atoms with Gasteiger partial charge >= 0.3 is 5.97 Å². The number of fused-ring (bicyclic) bond motifs is 1. The summed E-state index contributed by atoms with van der Waals surface area (Å²) < 4.78 is 0. The lowest BCUT2D eigenvalue weighted by molar-refractivity contribution is 0.0699. The van der Waals surface area contributed by atoms with Crippen molar-refractivity contribution in [3.05, 3.63) is 77.4 Å². The maximum absolute atomic E-state index is 12.7. The van der Waals surface area contributed by atoms with Crippen LogP contribution in [0.2, 0.25) is 0 Å². The number of hydrogen-bond donors (Lipinski definition) is 2. The van der Waals surface area contributed by atoms with Crippen molar-refractivity contribution in [1.82, 2.24) is 0 Å². The Bertz CT molecular complexity index is 910. The van der Waals surface area contributed by atoms with E-state index in [1.165, 1.54) is 6.07 Å². The zero-order chi connectivity index (χ0) is 16.4. The summed E-state index contributed by atoms with van der Waals surface area (Å²) in [6.07, 6.45) is 0. The number of hydrogen-bond acceptors (Lipinski definition) is 2. The first-order valence-corrected chi connectivity index (χ1v) is 7.20. The molecule has 0 unspecified atom stereocenters. The number of carbonyl (C=O) groups excluding carboxylic acids is 1. The highest BCUT2D eigenvalue weighted by molar-refractivity contribution is 6.17. The molecule has 0 heterocycles. The zero-order valence-corrected chi connectivity index (χ0v) is 12.5. The van der Waals surface area contributed by atoms with Gasteiger partial charge in [-0.1, -0.05) is 42.5 Å². The van der Waals surface area contributed by atoms with Gasteiger partial charge < -0.3 is 10.4 Å². The number of carboxylic acid groups (broad SMARTS) is 1. The minimum Gasteiger partial charge on any atom is -0.478 e. The van der Waals surface area contributed by atoms with Crippen molar-refractivity contribution in [2.45, 2.75) is 6.92 Å². The van der Waals surface area contributed by atoms with Crippen molar-refractivity contribution in [3.8, 4) is 0 Å². The number of para-hydroxylation sites is 1. The Kier molecular flexibility index (Phi) is 3.81. The molecule has 0 spiro atoms. The van der Waals surface area contributed by atoms with Gasteiger partial charge in [0.1, 0.15) is 0 Å². The normalized spacial score (nSPS) is 10.5. The van der Waals surface area contributed by atoms with Gasteiger partial charge in [0.05, 0.1) is 5.56 Å². The number of carbonyl (C=O) groups is 2. The number of carboxylic acids is 1. The molecule has 0 saturated carbocycles. The van der Waals surface area contributed by atoms with Crippen molar-refractivity contribution in [3.63, 3.8) is 0 Å². The Labute approximate surface area is 133 Å². The number of benzene rings is 3. The third-order valence-corrected chi connectivity index (χ3v) is 3.77. The van der Waals surface area contributed by atoms with E-state index in [9.17, 15) is 14.7 Å². The smallest absolute Gasteiger partial charge is 0.336 e. The van der Waals surface area contributed by atoms with E-state index in [0.717, 1.165) is 10.9 Å². The van der Waals surface area contributed by atoms with Crippen LogP contribution in [0.25, 0.3) is 10.8 Å². The van der Waals surface area contributed by atoms with Crippen LogP contribution in [0.1, 0.15) is 26.3 Å². The minimum atomic E-state index is -1.05. The number of rotatable bonds is 3. The molecule has 4 heteroatoms. The molecular formula is C19H15NO3. The number of nitrogens with one attached hydrogen (secondary N) is 1. The zero-order valence-electron chi connectivity index (χ0n) is 12.5. The molecule has 0 aliphatic heterocycles. The molecule has 4 nitrogen and oxygen atoms in total. The van der Waals surface area contributed by atoms with Crippen molar-refractivity contribution in [2.75, 3.05) is 5.32 Å². The first-order valence-electron chi connectivity index (χ1n) is 7.20. The lowest BCUT2D eigenvalue weighted by Crippen LogP contribution is -2.14. The fraction of sp³-hybridized carbons (Fsp3) is 0.0526. The second-order valence-electron chi connectivity index (χ2n) is 5.28. The van der Waals surface area contributed by atoms with Crippen LogP contribution in [0.15, 0.2) is 60.7 Å². The van der Waals surface area contributed by atoms with E-state index in [2.05, 4.69) is 5.32 Å². The highest BCUT2D eigenvalue weighted by Crippen LogP contribution is 2.25. The maximum Gasteiger partial charge on any atom is 0.336 e. The molecule has 114 valence electrons. The van der Waals surface area contributed by atoms with E-state index >= 15 is 0 Å². The molecule has 0 aliphatic rings. The fourth-order valence-corrected chi connectivity index (χ4v) is 2.61. The van der Waals surface area contributed by atoms with Gasteiger partial charge in [-0.15, -0.1) is 0 Å². The average Bonchev–Trinajstić information content (AvgIpc) is 2.55. The third-order valence-electron chi connectivity index (χ3n) is 3.77. The monoisotopic (exact) mass is 305 g/mol. The van der Waals surface area contributed by atoms with Crippen LogP contribution in [0.5, 0.6) is 0 Å². The first-order chi connectivity index (χ1) is 11.1. The second kappa shape index (κ2) is 5.93. The average molecular weight is 305 g/mol. The quantitative estimate of drug-likeness (QED) is 0.765. The lowest BCUT2D eigenvalue weighted by atomic mass is 9.98. The van der Waals surface area contributed by atoms with E-state index in [-0.39, 0.29) is 11.5 Å². The molecule has 2 N–H and O–H groups in total. The van der Waals surface area contributed by atoms with E-state index in [4.69, 9.17) is 0 Å². The van der Waals surface area contributed by atoms with E-state index < -0.39 is 5.97 Å². The van der Waals surface area contributed by atoms with Crippen LogP contribution in [-0.2, 0) is 0 Å². The van der Waals surface area contributed by atoms with E-state index in [1.54, 1.807) is 30.3 Å². The molecule has 0 fully saturated rings. The number of amides is 1. The van der Waals surface area contributed by atoms with E-state index in [1.807, 2.05) is 31.2 Å². The topological polar surface area (TPSA) is 66.4 Å². The molecule has 23 heavy (non-hydrogen) atoms. The van der Waals surface area contributed by atoms with E-state index in [0.29, 0.717) is 16.6 Å². The van der Waals surface area contributed by atoms with Crippen LogP contribution in [0.4, 0.5) is 5.69 Å². The van der Waals surface area contributed by atoms with Crippen molar-refractivity contribution in [2.24, 2.45) is 0 Å². The van der Waals surface area contributed by atoms with Crippen LogP contribution < -0.4 is 5.32 Å².